The van der Waals surface area contributed by atoms with Crippen LogP contribution in [0.3, 0.4) is 0 Å². The van der Waals surface area contributed by atoms with E-state index in [0.29, 0.717) is 29.0 Å². The zero-order chi connectivity index (χ0) is 22.7. The molecule has 0 aliphatic rings. The lowest BCUT2D eigenvalue weighted by Gasteiger charge is -2.13. The lowest BCUT2D eigenvalue weighted by atomic mass is 10.1. The molecule has 0 spiro atoms. The van der Waals surface area contributed by atoms with Gasteiger partial charge < -0.3 is 10.6 Å². The Morgan fingerprint density at radius 3 is 2.25 bits per heavy atom. The Morgan fingerprint density at radius 2 is 1.59 bits per heavy atom. The van der Waals surface area contributed by atoms with E-state index in [0.717, 1.165) is 11.1 Å². The summed E-state index contributed by atoms with van der Waals surface area (Å²) in [5.41, 5.74) is 3.34. The topological polar surface area (TPSA) is 93.1 Å². The van der Waals surface area contributed by atoms with Gasteiger partial charge in [0.2, 0.25) is 5.91 Å². The number of carbonyl (C=O) groups excluding carboxylic acids is 2. The van der Waals surface area contributed by atoms with Crippen molar-refractivity contribution in [2.45, 2.75) is 20.4 Å². The Morgan fingerprint density at radius 1 is 0.938 bits per heavy atom. The first-order valence-corrected chi connectivity index (χ1v) is 10.1. The second-order valence-corrected chi connectivity index (χ2v) is 7.56. The van der Waals surface area contributed by atoms with Gasteiger partial charge in [0.15, 0.2) is 0 Å². The van der Waals surface area contributed by atoms with E-state index in [-0.39, 0.29) is 11.5 Å². The summed E-state index contributed by atoms with van der Waals surface area (Å²) in [5, 5.41) is 6.13. The molecule has 0 fully saturated rings. The van der Waals surface area contributed by atoms with Crippen LogP contribution in [0.4, 0.5) is 11.4 Å². The number of aromatic nitrogens is 2. The Labute approximate surface area is 184 Å². The van der Waals surface area contributed by atoms with E-state index < -0.39 is 11.5 Å². The number of rotatable bonds is 5. The number of hydrogen-bond acceptors (Lipinski definition) is 4. The number of fused-ring (bicyclic) bond motifs is 1. The van der Waals surface area contributed by atoms with E-state index in [2.05, 4.69) is 15.6 Å². The fourth-order valence-corrected chi connectivity index (χ4v) is 3.43. The number of pyridine rings is 2. The standard InChI is InChI=1S/C25H22N4O3/c1-16-5-7-18(8-6-16)15-29-23-19(4-3-13-26-23)14-22(25(29)32)24(31)28-21-11-9-20(10-12-21)27-17(2)30/h3-14H,15H2,1-2H3,(H,27,30)(H,28,31). The highest BCUT2D eigenvalue weighted by molar-refractivity contribution is 6.05. The minimum absolute atomic E-state index is 0.0311. The van der Waals surface area contributed by atoms with Crippen LogP contribution in [0.1, 0.15) is 28.4 Å². The summed E-state index contributed by atoms with van der Waals surface area (Å²) in [6, 6.07) is 19.7. The quantitative estimate of drug-likeness (QED) is 0.505. The lowest BCUT2D eigenvalue weighted by Crippen LogP contribution is -2.30. The number of nitrogens with one attached hydrogen (secondary N) is 2. The average molecular weight is 426 g/mol. The molecule has 32 heavy (non-hydrogen) atoms. The fourth-order valence-electron chi connectivity index (χ4n) is 3.43. The van der Waals surface area contributed by atoms with Crippen LogP contribution in [0.2, 0.25) is 0 Å². The molecule has 7 heteroatoms. The van der Waals surface area contributed by atoms with Gasteiger partial charge in [-0.2, -0.15) is 0 Å². The number of benzene rings is 2. The second-order valence-electron chi connectivity index (χ2n) is 7.56. The summed E-state index contributed by atoms with van der Waals surface area (Å²) < 4.78 is 1.52. The van der Waals surface area contributed by atoms with Gasteiger partial charge in [0.05, 0.1) is 6.54 Å². The molecule has 0 radical (unpaired) electrons. The maximum atomic E-state index is 13.3. The molecule has 0 aliphatic heterocycles. The molecule has 4 aromatic rings. The molecule has 4 rings (SSSR count). The second kappa shape index (κ2) is 8.85. The van der Waals surface area contributed by atoms with Crippen molar-refractivity contribution in [2.75, 3.05) is 10.6 Å². The van der Waals surface area contributed by atoms with Crippen LogP contribution >= 0.6 is 0 Å². The van der Waals surface area contributed by atoms with Crippen LogP contribution in [-0.2, 0) is 11.3 Å². The molecule has 2 aromatic carbocycles. The van der Waals surface area contributed by atoms with Crippen LogP contribution in [-0.4, -0.2) is 21.4 Å². The zero-order valence-electron chi connectivity index (χ0n) is 17.8. The maximum Gasteiger partial charge on any atom is 0.265 e. The van der Waals surface area contributed by atoms with Gasteiger partial charge in [-0.25, -0.2) is 4.98 Å². The minimum atomic E-state index is -0.509. The van der Waals surface area contributed by atoms with Gasteiger partial charge in [-0.15, -0.1) is 0 Å². The molecule has 2 N–H and O–H groups in total. The molecular weight excluding hydrogens is 404 g/mol. The van der Waals surface area contributed by atoms with Crippen molar-refractivity contribution in [2.24, 2.45) is 0 Å². The van der Waals surface area contributed by atoms with E-state index in [1.807, 2.05) is 37.3 Å². The Balaban J connectivity index is 1.68. The highest BCUT2D eigenvalue weighted by Crippen LogP contribution is 2.17. The monoisotopic (exact) mass is 426 g/mol. The van der Waals surface area contributed by atoms with Crippen LogP contribution < -0.4 is 16.2 Å². The van der Waals surface area contributed by atoms with E-state index in [1.165, 1.54) is 11.5 Å². The number of hydrogen-bond donors (Lipinski definition) is 2. The summed E-state index contributed by atoms with van der Waals surface area (Å²) in [7, 11) is 0. The smallest absolute Gasteiger partial charge is 0.265 e. The third kappa shape index (κ3) is 4.57. The molecule has 2 aromatic heterocycles. The Kier molecular flexibility index (Phi) is 5.81. The molecule has 0 unspecified atom stereocenters. The van der Waals surface area contributed by atoms with E-state index >= 15 is 0 Å². The number of anilines is 2. The van der Waals surface area contributed by atoms with Crippen LogP contribution in [0, 0.1) is 6.92 Å². The molecule has 0 saturated heterocycles. The van der Waals surface area contributed by atoms with Crippen LogP contribution in [0.15, 0.2) is 77.7 Å². The van der Waals surface area contributed by atoms with Gasteiger partial charge in [0, 0.05) is 29.9 Å². The third-order valence-electron chi connectivity index (χ3n) is 5.02. The number of carbonyl (C=O) groups is 2. The number of aryl methyl sites for hydroxylation is 1. The molecule has 0 bridgehead atoms. The summed E-state index contributed by atoms with van der Waals surface area (Å²) in [6.45, 7) is 3.73. The maximum absolute atomic E-state index is 13.3. The predicted molar refractivity (Wildman–Crippen MR) is 125 cm³/mol. The zero-order valence-corrected chi connectivity index (χ0v) is 17.8. The van der Waals surface area contributed by atoms with E-state index in [1.54, 1.807) is 42.6 Å². The van der Waals surface area contributed by atoms with Gasteiger partial charge in [0.25, 0.3) is 11.5 Å². The molecule has 0 saturated carbocycles. The molecular formula is C25H22N4O3. The third-order valence-corrected chi connectivity index (χ3v) is 5.02. The van der Waals surface area contributed by atoms with Crippen molar-refractivity contribution in [3.8, 4) is 0 Å². The molecule has 7 nitrogen and oxygen atoms in total. The SMILES string of the molecule is CC(=O)Nc1ccc(NC(=O)c2cc3cccnc3n(Cc3ccc(C)cc3)c2=O)cc1. The summed E-state index contributed by atoms with van der Waals surface area (Å²) in [6.07, 6.45) is 1.63. The highest BCUT2D eigenvalue weighted by atomic mass is 16.2. The fraction of sp³-hybridized carbons (Fsp3) is 0.120. The molecule has 2 amide bonds. The highest BCUT2D eigenvalue weighted by Gasteiger charge is 2.17. The van der Waals surface area contributed by atoms with Gasteiger partial charge >= 0.3 is 0 Å². The first-order valence-electron chi connectivity index (χ1n) is 10.1. The Bertz CT molecular complexity index is 1360. The summed E-state index contributed by atoms with van der Waals surface area (Å²) in [4.78, 5) is 41.8. The van der Waals surface area contributed by atoms with Crippen molar-refractivity contribution in [1.82, 2.24) is 9.55 Å². The van der Waals surface area contributed by atoms with Crippen molar-refractivity contribution < 1.29 is 9.59 Å². The predicted octanol–water partition coefficient (Wildman–Crippen LogP) is 3.96. The van der Waals surface area contributed by atoms with Crippen LogP contribution in [0.5, 0.6) is 0 Å². The van der Waals surface area contributed by atoms with Gasteiger partial charge in [-0.05, 0) is 55.0 Å². The first kappa shape index (κ1) is 21.0. The van der Waals surface area contributed by atoms with Gasteiger partial charge in [-0.3, -0.25) is 19.0 Å². The summed E-state index contributed by atoms with van der Waals surface area (Å²) in [5.74, 6) is -0.689. The van der Waals surface area contributed by atoms with Crippen LogP contribution in [0.25, 0.3) is 11.0 Å². The molecule has 2 heterocycles. The van der Waals surface area contributed by atoms with Crippen molar-refractivity contribution in [3.63, 3.8) is 0 Å². The van der Waals surface area contributed by atoms with Crippen molar-refractivity contribution in [3.05, 3.63) is 100.0 Å². The molecule has 160 valence electrons. The minimum Gasteiger partial charge on any atom is -0.326 e. The van der Waals surface area contributed by atoms with Gasteiger partial charge in [-0.1, -0.05) is 29.8 Å². The van der Waals surface area contributed by atoms with Crippen molar-refractivity contribution >= 4 is 34.2 Å². The number of amides is 2. The van der Waals surface area contributed by atoms with Crippen molar-refractivity contribution in [1.29, 1.82) is 0 Å². The average Bonchev–Trinajstić information content (AvgIpc) is 2.78. The Hall–Kier alpha value is -4.26. The molecule has 0 aliphatic carbocycles. The summed E-state index contributed by atoms with van der Waals surface area (Å²) >= 11 is 0. The number of nitrogens with zero attached hydrogens (tertiary/aromatic N) is 2. The van der Waals surface area contributed by atoms with E-state index in [9.17, 15) is 14.4 Å². The largest absolute Gasteiger partial charge is 0.326 e. The van der Waals surface area contributed by atoms with Gasteiger partial charge in [0.1, 0.15) is 11.2 Å². The molecule has 0 atom stereocenters. The van der Waals surface area contributed by atoms with E-state index in [4.69, 9.17) is 0 Å². The normalized spacial score (nSPS) is 10.7. The lowest BCUT2D eigenvalue weighted by molar-refractivity contribution is -0.114. The first-order chi connectivity index (χ1) is 15.4.